The van der Waals surface area contributed by atoms with Gasteiger partial charge in [0.1, 0.15) is 6.29 Å². The van der Waals surface area contributed by atoms with Crippen LogP contribution in [0.1, 0.15) is 20.7 Å². The smallest absolute Gasteiger partial charge is 0.337 e. The predicted molar refractivity (Wildman–Crippen MR) is 97.2 cm³/mol. The van der Waals surface area contributed by atoms with Crippen molar-refractivity contribution in [3.05, 3.63) is 75.8 Å². The van der Waals surface area contributed by atoms with Crippen molar-refractivity contribution in [2.24, 2.45) is 0 Å². The third kappa shape index (κ3) is 4.25. The predicted octanol–water partition coefficient (Wildman–Crippen LogP) is 4.93. The highest BCUT2D eigenvalue weighted by Crippen LogP contribution is 2.27. The number of hydrogen-bond donors (Lipinski definition) is 2. The molecule has 0 radical (unpaired) electrons. The second-order valence-corrected chi connectivity index (χ2v) is 5.72. The minimum Gasteiger partial charge on any atom is -0.478 e. The Morgan fingerprint density at radius 3 is 2.29 bits per heavy atom. The van der Waals surface area contributed by atoms with Crippen molar-refractivity contribution in [2.75, 3.05) is 5.73 Å². The van der Waals surface area contributed by atoms with E-state index in [2.05, 4.69) is 0 Å². The minimum atomic E-state index is -1.14. The first-order valence-electron chi connectivity index (χ1n) is 6.84. The zero-order valence-corrected chi connectivity index (χ0v) is 13.9. The molecule has 3 aromatic rings. The number of nitrogens with two attached hydrogens (primary N) is 1. The molecule has 3 N–H and O–H groups in total. The Balaban J connectivity index is 0.000000174. The first-order valence-corrected chi connectivity index (χ1v) is 7.59. The van der Waals surface area contributed by atoms with E-state index >= 15 is 0 Å². The van der Waals surface area contributed by atoms with Gasteiger partial charge in [-0.2, -0.15) is 0 Å². The summed E-state index contributed by atoms with van der Waals surface area (Å²) in [6.45, 7) is 0. The summed E-state index contributed by atoms with van der Waals surface area (Å²) >= 11 is 11.2. The molecule has 0 atom stereocenters. The van der Waals surface area contributed by atoms with Gasteiger partial charge in [0.2, 0.25) is 0 Å². The van der Waals surface area contributed by atoms with Gasteiger partial charge in [0.15, 0.2) is 0 Å². The quantitative estimate of drug-likeness (QED) is 0.501. The van der Waals surface area contributed by atoms with E-state index in [9.17, 15) is 9.59 Å². The van der Waals surface area contributed by atoms with Crippen LogP contribution >= 0.6 is 23.2 Å². The molecular weight excluding hydrogens is 349 g/mol. The number of aldehydes is 1. The average Bonchev–Trinajstić information content (AvgIpc) is 2.58. The molecule has 3 rings (SSSR count). The van der Waals surface area contributed by atoms with Crippen molar-refractivity contribution in [3.63, 3.8) is 0 Å². The van der Waals surface area contributed by atoms with Crippen LogP contribution in [0.5, 0.6) is 0 Å². The van der Waals surface area contributed by atoms with Crippen molar-refractivity contribution in [1.82, 2.24) is 0 Å². The molecule has 0 fully saturated rings. The number of fused-ring (bicyclic) bond motifs is 1. The van der Waals surface area contributed by atoms with Crippen LogP contribution in [0.25, 0.3) is 10.8 Å². The highest BCUT2D eigenvalue weighted by molar-refractivity contribution is 6.37. The van der Waals surface area contributed by atoms with Crippen LogP contribution in [0, 0.1) is 0 Å². The molecule has 0 aliphatic rings. The van der Waals surface area contributed by atoms with Crippen molar-refractivity contribution < 1.29 is 14.7 Å². The van der Waals surface area contributed by atoms with Gasteiger partial charge in [-0.3, -0.25) is 4.79 Å². The van der Waals surface area contributed by atoms with E-state index in [0.717, 1.165) is 17.2 Å². The lowest BCUT2D eigenvalue weighted by Gasteiger charge is -2.02. The van der Waals surface area contributed by atoms with Gasteiger partial charge in [0.05, 0.1) is 16.3 Å². The maximum absolute atomic E-state index is 10.5. The van der Waals surface area contributed by atoms with Crippen LogP contribution in [-0.4, -0.2) is 17.4 Å². The fraction of sp³-hybridized carbons (Fsp3) is 0. The summed E-state index contributed by atoms with van der Waals surface area (Å²) in [5, 5.41) is 11.3. The van der Waals surface area contributed by atoms with Crippen LogP contribution in [0.3, 0.4) is 0 Å². The number of rotatable bonds is 2. The zero-order valence-electron chi connectivity index (χ0n) is 12.4. The molecule has 0 spiro atoms. The molecule has 0 aliphatic carbocycles. The number of aromatic carboxylic acids is 1. The Labute approximate surface area is 148 Å². The topological polar surface area (TPSA) is 80.4 Å². The molecule has 0 saturated carbocycles. The van der Waals surface area contributed by atoms with E-state index < -0.39 is 5.97 Å². The molecule has 122 valence electrons. The van der Waals surface area contributed by atoms with Crippen molar-refractivity contribution in [2.45, 2.75) is 0 Å². The third-order valence-corrected chi connectivity index (χ3v) is 3.77. The van der Waals surface area contributed by atoms with E-state index in [0.29, 0.717) is 0 Å². The first-order chi connectivity index (χ1) is 11.4. The number of carboxylic acids is 1. The molecule has 3 aromatic carbocycles. The molecule has 6 heteroatoms. The summed E-state index contributed by atoms with van der Waals surface area (Å²) in [6.07, 6.45) is 0.867. The number of carbonyl (C=O) groups excluding carboxylic acids is 1. The fourth-order valence-electron chi connectivity index (χ4n) is 2.04. The van der Waals surface area contributed by atoms with E-state index in [1.54, 1.807) is 0 Å². The van der Waals surface area contributed by atoms with Gasteiger partial charge in [0.25, 0.3) is 0 Å². The number of halogens is 2. The van der Waals surface area contributed by atoms with Crippen LogP contribution < -0.4 is 5.73 Å². The number of carbonyl (C=O) groups is 2. The van der Waals surface area contributed by atoms with Gasteiger partial charge in [-0.15, -0.1) is 0 Å². The monoisotopic (exact) mass is 361 g/mol. The Morgan fingerprint density at radius 1 is 1.00 bits per heavy atom. The van der Waals surface area contributed by atoms with Crippen molar-refractivity contribution in [1.29, 1.82) is 0 Å². The largest absolute Gasteiger partial charge is 0.478 e. The maximum atomic E-state index is 10.5. The van der Waals surface area contributed by atoms with Crippen LogP contribution in [-0.2, 0) is 0 Å². The summed E-state index contributed by atoms with van der Waals surface area (Å²) in [7, 11) is 0. The second-order valence-electron chi connectivity index (χ2n) is 4.88. The lowest BCUT2D eigenvalue weighted by Crippen LogP contribution is -2.02. The Bertz CT molecular complexity index is 910. The van der Waals surface area contributed by atoms with Gasteiger partial charge in [-0.05, 0) is 29.0 Å². The standard InChI is InChI=1S/C11H8O.C7H5Cl2NO2/c12-8-9-5-6-10-3-1-2-4-11(10)7-9;8-3-1-4(7(11)12)6(10)5(9)2-3/h1-8H;1-2H,10H2,(H,11,12). The molecule has 0 aliphatic heterocycles. The molecule has 0 bridgehead atoms. The highest BCUT2D eigenvalue weighted by Gasteiger charge is 2.11. The third-order valence-electron chi connectivity index (χ3n) is 3.23. The van der Waals surface area contributed by atoms with Crippen molar-refractivity contribution >= 4 is 51.9 Å². The maximum Gasteiger partial charge on any atom is 0.337 e. The van der Waals surface area contributed by atoms with Crippen LogP contribution in [0.2, 0.25) is 10.0 Å². The molecule has 0 unspecified atom stereocenters. The number of benzene rings is 3. The first kappa shape index (κ1) is 17.8. The van der Waals surface area contributed by atoms with E-state index in [1.165, 1.54) is 17.5 Å². The molecule has 4 nitrogen and oxygen atoms in total. The Morgan fingerprint density at radius 2 is 1.67 bits per heavy atom. The van der Waals surface area contributed by atoms with Crippen LogP contribution in [0.15, 0.2) is 54.6 Å². The lowest BCUT2D eigenvalue weighted by molar-refractivity contribution is 0.0698. The molecule has 24 heavy (non-hydrogen) atoms. The van der Waals surface area contributed by atoms with E-state index in [1.807, 2.05) is 42.5 Å². The van der Waals surface area contributed by atoms with E-state index in [-0.39, 0.29) is 21.3 Å². The summed E-state index contributed by atoms with van der Waals surface area (Å²) in [5.74, 6) is -1.14. The molecule has 0 saturated heterocycles. The van der Waals surface area contributed by atoms with Gasteiger partial charge in [0, 0.05) is 10.6 Å². The van der Waals surface area contributed by atoms with Crippen LogP contribution in [0.4, 0.5) is 5.69 Å². The summed E-state index contributed by atoms with van der Waals surface area (Å²) in [6, 6.07) is 16.3. The number of anilines is 1. The normalized spacial score (nSPS) is 9.92. The highest BCUT2D eigenvalue weighted by atomic mass is 35.5. The lowest BCUT2D eigenvalue weighted by atomic mass is 10.1. The van der Waals surface area contributed by atoms with Gasteiger partial charge in [-0.25, -0.2) is 4.79 Å². The summed E-state index contributed by atoms with van der Waals surface area (Å²) in [5.41, 5.74) is 6.07. The van der Waals surface area contributed by atoms with Gasteiger partial charge in [-0.1, -0.05) is 59.6 Å². The second kappa shape index (κ2) is 7.81. The number of nitrogen functional groups attached to an aromatic ring is 1. The summed E-state index contributed by atoms with van der Waals surface area (Å²) in [4.78, 5) is 21.0. The molecule has 0 aromatic heterocycles. The Hall–Kier alpha value is -2.56. The SMILES string of the molecule is Nc1c(Cl)cc(Cl)cc1C(=O)O.O=Cc1ccc2ccccc2c1. The Kier molecular flexibility index (Phi) is 5.79. The van der Waals surface area contributed by atoms with Gasteiger partial charge >= 0.3 is 5.97 Å². The summed E-state index contributed by atoms with van der Waals surface area (Å²) < 4.78 is 0. The fourth-order valence-corrected chi connectivity index (χ4v) is 2.54. The number of hydrogen-bond acceptors (Lipinski definition) is 3. The van der Waals surface area contributed by atoms with Gasteiger partial charge < -0.3 is 10.8 Å². The molecule has 0 heterocycles. The molecule has 0 amide bonds. The average molecular weight is 362 g/mol. The zero-order chi connectivity index (χ0) is 17.7. The minimum absolute atomic E-state index is 0.0357. The van der Waals surface area contributed by atoms with Crippen molar-refractivity contribution in [3.8, 4) is 0 Å². The van der Waals surface area contributed by atoms with E-state index in [4.69, 9.17) is 34.0 Å². The molecular formula is C18H13Cl2NO3. The number of carboxylic acid groups (broad SMARTS) is 1.